The van der Waals surface area contributed by atoms with Crippen LogP contribution >= 0.6 is 0 Å². The van der Waals surface area contributed by atoms with Crippen molar-refractivity contribution in [3.63, 3.8) is 0 Å². The molecule has 0 spiro atoms. The van der Waals surface area contributed by atoms with Gasteiger partial charge in [-0.15, -0.1) is 0 Å². The van der Waals surface area contributed by atoms with Crippen molar-refractivity contribution in [3.05, 3.63) is 36.5 Å². The lowest BCUT2D eigenvalue weighted by molar-refractivity contribution is -0.00799. The van der Waals surface area contributed by atoms with Gasteiger partial charge < -0.3 is 20.3 Å². The summed E-state index contributed by atoms with van der Waals surface area (Å²) in [5.74, 6) is 1.64. The highest BCUT2D eigenvalue weighted by Gasteiger charge is 2.24. The van der Waals surface area contributed by atoms with Crippen molar-refractivity contribution < 1.29 is 4.74 Å². The standard InChI is InChI=1S/C16H24N8O/c1-17-16(21-6-5-20-15-10-18-3-4-19-15)24-7-8-25-14(12-24)13-9-22-23(2)11-13/h3-4,9-11,14H,5-8,12H2,1-2H3,(H,17,21)(H,19,20). The Hall–Kier alpha value is -2.68. The first kappa shape index (κ1) is 17.2. The molecule has 9 nitrogen and oxygen atoms in total. The van der Waals surface area contributed by atoms with Crippen molar-refractivity contribution in [1.82, 2.24) is 30.0 Å². The van der Waals surface area contributed by atoms with Gasteiger partial charge in [-0.25, -0.2) is 4.98 Å². The van der Waals surface area contributed by atoms with Gasteiger partial charge in [-0.2, -0.15) is 5.10 Å². The van der Waals surface area contributed by atoms with Gasteiger partial charge in [-0.3, -0.25) is 14.7 Å². The van der Waals surface area contributed by atoms with E-state index >= 15 is 0 Å². The first-order valence-corrected chi connectivity index (χ1v) is 8.32. The molecule has 0 bridgehead atoms. The highest BCUT2D eigenvalue weighted by molar-refractivity contribution is 5.80. The van der Waals surface area contributed by atoms with Crippen LogP contribution in [0, 0.1) is 0 Å². The number of guanidine groups is 1. The summed E-state index contributed by atoms with van der Waals surface area (Å²) in [5.41, 5.74) is 1.09. The lowest BCUT2D eigenvalue weighted by Crippen LogP contribution is -2.49. The van der Waals surface area contributed by atoms with E-state index in [0.717, 1.165) is 43.5 Å². The van der Waals surface area contributed by atoms with Crippen LogP contribution in [-0.2, 0) is 11.8 Å². The number of rotatable bonds is 5. The third-order valence-corrected chi connectivity index (χ3v) is 3.95. The molecule has 1 aliphatic heterocycles. The average molecular weight is 344 g/mol. The predicted octanol–water partition coefficient (Wildman–Crippen LogP) is 0.271. The molecule has 1 unspecified atom stereocenters. The predicted molar refractivity (Wildman–Crippen MR) is 95.4 cm³/mol. The highest BCUT2D eigenvalue weighted by Crippen LogP contribution is 2.21. The van der Waals surface area contributed by atoms with Crippen LogP contribution in [-0.4, -0.2) is 70.4 Å². The normalized spacial score (nSPS) is 18.2. The Balaban J connectivity index is 1.48. The maximum atomic E-state index is 5.88. The minimum Gasteiger partial charge on any atom is -0.370 e. The number of nitrogens with zero attached hydrogens (tertiary/aromatic N) is 6. The minimum absolute atomic E-state index is 0.0127. The fourth-order valence-electron chi connectivity index (χ4n) is 2.74. The Morgan fingerprint density at radius 2 is 2.28 bits per heavy atom. The smallest absolute Gasteiger partial charge is 0.193 e. The van der Waals surface area contributed by atoms with Crippen LogP contribution in [0.5, 0.6) is 0 Å². The first-order chi connectivity index (χ1) is 12.3. The Labute approximate surface area is 147 Å². The monoisotopic (exact) mass is 344 g/mol. The number of nitrogens with one attached hydrogen (secondary N) is 2. The molecule has 3 heterocycles. The van der Waals surface area contributed by atoms with E-state index in [1.54, 1.807) is 30.3 Å². The quantitative estimate of drug-likeness (QED) is 0.457. The summed E-state index contributed by atoms with van der Waals surface area (Å²) >= 11 is 0. The summed E-state index contributed by atoms with van der Waals surface area (Å²) in [6.07, 6.45) is 8.89. The largest absolute Gasteiger partial charge is 0.370 e. The molecule has 2 N–H and O–H groups in total. The van der Waals surface area contributed by atoms with Crippen LogP contribution in [0.2, 0.25) is 0 Å². The van der Waals surface area contributed by atoms with Crippen molar-refractivity contribution in [2.75, 3.05) is 45.2 Å². The molecular formula is C16H24N8O. The molecular weight excluding hydrogens is 320 g/mol. The zero-order chi connectivity index (χ0) is 17.5. The number of hydrogen-bond donors (Lipinski definition) is 2. The molecule has 0 radical (unpaired) electrons. The van der Waals surface area contributed by atoms with Crippen molar-refractivity contribution in [3.8, 4) is 0 Å². The molecule has 2 aromatic heterocycles. The number of aromatic nitrogens is 4. The molecule has 0 amide bonds. The number of anilines is 1. The SMILES string of the molecule is CN=C(NCCNc1cnccn1)N1CCOC(c2cnn(C)c2)C1. The fourth-order valence-corrected chi connectivity index (χ4v) is 2.74. The topological polar surface area (TPSA) is 92.5 Å². The van der Waals surface area contributed by atoms with E-state index in [9.17, 15) is 0 Å². The Bertz CT molecular complexity index is 686. The lowest BCUT2D eigenvalue weighted by Gasteiger charge is -2.34. The summed E-state index contributed by atoms with van der Waals surface area (Å²) in [5, 5.41) is 10.8. The second-order valence-corrected chi connectivity index (χ2v) is 5.74. The van der Waals surface area contributed by atoms with Crippen LogP contribution < -0.4 is 10.6 Å². The molecule has 1 atom stereocenters. The van der Waals surface area contributed by atoms with Crippen molar-refractivity contribution in [2.24, 2.45) is 12.0 Å². The van der Waals surface area contributed by atoms with Crippen LogP contribution in [0.3, 0.4) is 0 Å². The van der Waals surface area contributed by atoms with E-state index in [0.29, 0.717) is 6.61 Å². The molecule has 1 saturated heterocycles. The molecule has 0 aromatic carbocycles. The summed E-state index contributed by atoms with van der Waals surface area (Å²) in [6.45, 7) is 3.70. The third kappa shape index (κ3) is 4.66. The molecule has 134 valence electrons. The molecule has 3 rings (SSSR count). The van der Waals surface area contributed by atoms with E-state index in [1.807, 2.05) is 19.4 Å². The maximum Gasteiger partial charge on any atom is 0.193 e. The summed E-state index contributed by atoms with van der Waals surface area (Å²) in [7, 11) is 3.71. The summed E-state index contributed by atoms with van der Waals surface area (Å²) in [6, 6.07) is 0. The number of aliphatic imine (C=N–C) groups is 1. The number of aryl methyl sites for hydroxylation is 1. The summed E-state index contributed by atoms with van der Waals surface area (Å²) < 4.78 is 7.67. The average Bonchev–Trinajstić information content (AvgIpc) is 3.09. The number of ether oxygens (including phenoxy) is 1. The Morgan fingerprint density at radius 1 is 1.36 bits per heavy atom. The van der Waals surface area contributed by atoms with Crippen molar-refractivity contribution >= 4 is 11.8 Å². The van der Waals surface area contributed by atoms with Gasteiger partial charge in [0, 0.05) is 57.9 Å². The third-order valence-electron chi connectivity index (χ3n) is 3.95. The van der Waals surface area contributed by atoms with Crippen LogP contribution in [0.1, 0.15) is 11.7 Å². The van der Waals surface area contributed by atoms with E-state index < -0.39 is 0 Å². The summed E-state index contributed by atoms with van der Waals surface area (Å²) in [4.78, 5) is 14.8. The molecule has 25 heavy (non-hydrogen) atoms. The lowest BCUT2D eigenvalue weighted by atomic mass is 10.1. The molecule has 1 aliphatic rings. The molecule has 0 saturated carbocycles. The first-order valence-electron chi connectivity index (χ1n) is 8.32. The van der Waals surface area contributed by atoms with Gasteiger partial charge in [0.2, 0.25) is 0 Å². The molecule has 9 heteroatoms. The van der Waals surface area contributed by atoms with Gasteiger partial charge in [0.05, 0.1) is 25.5 Å². The van der Waals surface area contributed by atoms with Crippen LogP contribution in [0.15, 0.2) is 36.0 Å². The van der Waals surface area contributed by atoms with Gasteiger partial charge in [0.25, 0.3) is 0 Å². The van der Waals surface area contributed by atoms with E-state index in [2.05, 4.69) is 35.6 Å². The van der Waals surface area contributed by atoms with Crippen molar-refractivity contribution in [1.29, 1.82) is 0 Å². The Kier molecular flexibility index (Phi) is 5.78. The van der Waals surface area contributed by atoms with Gasteiger partial charge >= 0.3 is 0 Å². The van der Waals surface area contributed by atoms with Crippen LogP contribution in [0.4, 0.5) is 5.82 Å². The van der Waals surface area contributed by atoms with Gasteiger partial charge in [0.15, 0.2) is 5.96 Å². The molecule has 1 fully saturated rings. The zero-order valence-corrected chi connectivity index (χ0v) is 14.6. The van der Waals surface area contributed by atoms with E-state index in [1.165, 1.54) is 0 Å². The van der Waals surface area contributed by atoms with E-state index in [4.69, 9.17) is 4.74 Å². The number of morpholine rings is 1. The highest BCUT2D eigenvalue weighted by atomic mass is 16.5. The van der Waals surface area contributed by atoms with Gasteiger partial charge in [0.1, 0.15) is 11.9 Å². The fraction of sp³-hybridized carbons (Fsp3) is 0.500. The van der Waals surface area contributed by atoms with E-state index in [-0.39, 0.29) is 6.10 Å². The van der Waals surface area contributed by atoms with Gasteiger partial charge in [-0.05, 0) is 0 Å². The molecule has 0 aliphatic carbocycles. The second kappa shape index (κ2) is 8.43. The zero-order valence-electron chi connectivity index (χ0n) is 14.6. The number of hydrogen-bond acceptors (Lipinski definition) is 6. The van der Waals surface area contributed by atoms with Crippen molar-refractivity contribution in [2.45, 2.75) is 6.10 Å². The van der Waals surface area contributed by atoms with Gasteiger partial charge in [-0.1, -0.05) is 0 Å². The maximum absolute atomic E-state index is 5.88. The minimum atomic E-state index is 0.0127. The second-order valence-electron chi connectivity index (χ2n) is 5.74. The Morgan fingerprint density at radius 3 is 3.00 bits per heavy atom. The van der Waals surface area contributed by atoms with Crippen LogP contribution in [0.25, 0.3) is 0 Å². The molecule has 2 aromatic rings.